The minimum atomic E-state index is -0.881. The molecule has 0 saturated heterocycles. The number of carboxylic acid groups (broad SMARTS) is 1. The van der Waals surface area contributed by atoms with Gasteiger partial charge in [0.15, 0.2) is 0 Å². The molecule has 3 nitrogen and oxygen atoms in total. The van der Waals surface area contributed by atoms with Crippen LogP contribution >= 0.6 is 0 Å². The number of aromatic carboxylic acids is 1. The molecule has 0 saturated carbocycles. The molecule has 0 amide bonds. The molecule has 0 atom stereocenters. The van der Waals surface area contributed by atoms with Crippen molar-refractivity contribution in [1.29, 1.82) is 0 Å². The number of aryl methyl sites for hydroxylation is 2. The molecule has 0 fully saturated rings. The number of hydrogen-bond donors (Lipinski definition) is 1. The number of aromatic nitrogens is 1. The van der Waals surface area contributed by atoms with Crippen molar-refractivity contribution >= 4 is 16.9 Å². The molecule has 0 spiro atoms. The van der Waals surface area contributed by atoms with Crippen molar-refractivity contribution in [2.45, 2.75) is 34.6 Å². The van der Waals surface area contributed by atoms with Crippen LogP contribution in [0, 0.1) is 6.92 Å². The average Bonchev–Trinajstić information content (AvgIpc) is 2.69. The first kappa shape index (κ1) is 16.2. The standard InChI is InChI=1S/C11H11NO2.2C2H6/c1-7-5-9-6-8(11(13)14)3-4-10(9)12(7)2;2*1-2/h3-6H,1-2H3,(H,13,14);2*1-2H3. The Morgan fingerprint density at radius 2 is 1.67 bits per heavy atom. The molecular weight excluding hydrogens is 226 g/mol. The van der Waals surface area contributed by atoms with Crippen LogP contribution in [0.1, 0.15) is 43.7 Å². The molecule has 0 aliphatic rings. The van der Waals surface area contributed by atoms with Gasteiger partial charge in [-0.25, -0.2) is 4.79 Å². The fourth-order valence-electron chi connectivity index (χ4n) is 1.62. The minimum Gasteiger partial charge on any atom is -0.478 e. The van der Waals surface area contributed by atoms with E-state index >= 15 is 0 Å². The van der Waals surface area contributed by atoms with Crippen molar-refractivity contribution in [1.82, 2.24) is 4.57 Å². The summed E-state index contributed by atoms with van der Waals surface area (Å²) in [7, 11) is 1.97. The smallest absolute Gasteiger partial charge is 0.335 e. The highest BCUT2D eigenvalue weighted by molar-refractivity contribution is 5.93. The predicted octanol–water partition coefficient (Wildman–Crippen LogP) is 4.24. The Morgan fingerprint density at radius 1 is 1.11 bits per heavy atom. The van der Waals surface area contributed by atoms with Gasteiger partial charge in [-0.05, 0) is 31.2 Å². The highest BCUT2D eigenvalue weighted by Crippen LogP contribution is 2.19. The van der Waals surface area contributed by atoms with Gasteiger partial charge in [-0.1, -0.05) is 27.7 Å². The van der Waals surface area contributed by atoms with Gasteiger partial charge in [0.2, 0.25) is 0 Å². The summed E-state index contributed by atoms with van der Waals surface area (Å²) in [6, 6.07) is 7.16. The number of benzene rings is 1. The topological polar surface area (TPSA) is 42.2 Å². The molecule has 100 valence electrons. The highest BCUT2D eigenvalue weighted by Gasteiger charge is 2.06. The maximum absolute atomic E-state index is 10.7. The summed E-state index contributed by atoms with van der Waals surface area (Å²) in [6.45, 7) is 10.0. The normalized spacial score (nSPS) is 9.00. The van der Waals surface area contributed by atoms with Gasteiger partial charge in [-0.2, -0.15) is 0 Å². The molecule has 18 heavy (non-hydrogen) atoms. The van der Waals surface area contributed by atoms with Crippen molar-refractivity contribution in [2.75, 3.05) is 0 Å². The van der Waals surface area contributed by atoms with Gasteiger partial charge in [0.25, 0.3) is 0 Å². The number of carbonyl (C=O) groups is 1. The molecule has 1 heterocycles. The summed E-state index contributed by atoms with van der Waals surface area (Å²) in [5.74, 6) is -0.881. The molecule has 1 N–H and O–H groups in total. The molecule has 3 heteroatoms. The van der Waals surface area contributed by atoms with E-state index in [1.165, 1.54) is 0 Å². The number of hydrogen-bond acceptors (Lipinski definition) is 1. The van der Waals surface area contributed by atoms with Gasteiger partial charge < -0.3 is 9.67 Å². The lowest BCUT2D eigenvalue weighted by Gasteiger charge is -1.98. The fraction of sp³-hybridized carbons (Fsp3) is 0.400. The van der Waals surface area contributed by atoms with E-state index in [2.05, 4.69) is 0 Å². The largest absolute Gasteiger partial charge is 0.478 e. The third-order valence-corrected chi connectivity index (χ3v) is 2.53. The quantitative estimate of drug-likeness (QED) is 0.821. The molecule has 2 aromatic rings. The maximum Gasteiger partial charge on any atom is 0.335 e. The molecule has 0 unspecified atom stereocenters. The second kappa shape index (κ2) is 7.54. The van der Waals surface area contributed by atoms with Gasteiger partial charge in [-0.15, -0.1) is 0 Å². The monoisotopic (exact) mass is 249 g/mol. The van der Waals surface area contributed by atoms with E-state index < -0.39 is 5.97 Å². The zero-order chi connectivity index (χ0) is 14.3. The van der Waals surface area contributed by atoms with E-state index in [1.807, 2.05) is 58.4 Å². The maximum atomic E-state index is 10.7. The van der Waals surface area contributed by atoms with Crippen molar-refractivity contribution < 1.29 is 9.90 Å². The van der Waals surface area contributed by atoms with Crippen LogP contribution in [0.15, 0.2) is 24.3 Å². The Labute approximate surface area is 109 Å². The first-order valence-corrected chi connectivity index (χ1v) is 6.39. The van der Waals surface area contributed by atoms with E-state index in [0.29, 0.717) is 5.56 Å². The van der Waals surface area contributed by atoms with E-state index in [4.69, 9.17) is 5.11 Å². The summed E-state index contributed by atoms with van der Waals surface area (Å²) < 4.78 is 2.04. The van der Waals surface area contributed by atoms with E-state index in [9.17, 15) is 4.79 Å². The summed E-state index contributed by atoms with van der Waals surface area (Å²) in [5.41, 5.74) is 2.53. The highest BCUT2D eigenvalue weighted by atomic mass is 16.4. The van der Waals surface area contributed by atoms with Crippen molar-refractivity contribution in [3.05, 3.63) is 35.5 Å². The summed E-state index contributed by atoms with van der Waals surface area (Å²) in [6.07, 6.45) is 0. The number of rotatable bonds is 1. The Kier molecular flexibility index (Phi) is 6.79. The predicted molar refractivity (Wildman–Crippen MR) is 77.3 cm³/mol. The third-order valence-electron chi connectivity index (χ3n) is 2.53. The summed E-state index contributed by atoms with van der Waals surface area (Å²) >= 11 is 0. The lowest BCUT2D eigenvalue weighted by molar-refractivity contribution is 0.0697. The molecule has 0 aliphatic heterocycles. The Morgan fingerprint density at radius 3 is 2.17 bits per heavy atom. The van der Waals surface area contributed by atoms with Crippen LogP contribution in [0.2, 0.25) is 0 Å². The second-order valence-electron chi connectivity index (χ2n) is 3.42. The Balaban J connectivity index is 0.000000659. The van der Waals surface area contributed by atoms with Gasteiger partial charge in [0.05, 0.1) is 5.56 Å². The van der Waals surface area contributed by atoms with Gasteiger partial charge in [0, 0.05) is 23.6 Å². The molecular formula is C15H23NO2. The van der Waals surface area contributed by atoms with Crippen LogP contribution in [-0.4, -0.2) is 15.6 Å². The first-order chi connectivity index (χ1) is 8.59. The summed E-state index contributed by atoms with van der Waals surface area (Å²) in [4.78, 5) is 10.7. The third kappa shape index (κ3) is 3.36. The van der Waals surface area contributed by atoms with Gasteiger partial charge in [0.1, 0.15) is 0 Å². The zero-order valence-electron chi connectivity index (χ0n) is 12.1. The Hall–Kier alpha value is -1.77. The van der Waals surface area contributed by atoms with Crippen LogP contribution in [0.5, 0.6) is 0 Å². The van der Waals surface area contributed by atoms with E-state index in [-0.39, 0.29) is 0 Å². The SMILES string of the molecule is CC.CC.Cc1cc2cc(C(=O)O)ccc2n1C. The molecule has 1 aromatic heterocycles. The van der Waals surface area contributed by atoms with Crippen LogP contribution in [0.4, 0.5) is 0 Å². The fourth-order valence-corrected chi connectivity index (χ4v) is 1.62. The second-order valence-corrected chi connectivity index (χ2v) is 3.42. The molecule has 2 rings (SSSR count). The Bertz CT molecular complexity index is 512. The van der Waals surface area contributed by atoms with E-state index in [1.54, 1.807) is 12.1 Å². The minimum absolute atomic E-state index is 0.336. The number of fused-ring (bicyclic) bond motifs is 1. The lowest BCUT2D eigenvalue weighted by atomic mass is 10.1. The van der Waals surface area contributed by atoms with Crippen LogP contribution in [-0.2, 0) is 7.05 Å². The van der Waals surface area contributed by atoms with Crippen molar-refractivity contribution in [3.63, 3.8) is 0 Å². The molecule has 0 radical (unpaired) electrons. The lowest BCUT2D eigenvalue weighted by Crippen LogP contribution is -1.95. The van der Waals surface area contributed by atoms with E-state index in [0.717, 1.165) is 16.6 Å². The van der Waals surface area contributed by atoms with Gasteiger partial charge in [-0.3, -0.25) is 0 Å². The summed E-state index contributed by atoms with van der Waals surface area (Å²) in [5, 5.41) is 9.79. The van der Waals surface area contributed by atoms with Crippen molar-refractivity contribution in [2.24, 2.45) is 7.05 Å². The molecule has 0 bridgehead atoms. The zero-order valence-corrected chi connectivity index (χ0v) is 12.1. The number of nitrogens with zero attached hydrogens (tertiary/aromatic N) is 1. The number of carboxylic acids is 1. The van der Waals surface area contributed by atoms with Crippen molar-refractivity contribution in [3.8, 4) is 0 Å². The average molecular weight is 249 g/mol. The van der Waals surface area contributed by atoms with Crippen LogP contribution in [0.25, 0.3) is 10.9 Å². The van der Waals surface area contributed by atoms with Gasteiger partial charge >= 0.3 is 5.97 Å². The first-order valence-electron chi connectivity index (χ1n) is 6.39. The molecule has 1 aromatic carbocycles. The molecule has 0 aliphatic carbocycles. The van der Waals surface area contributed by atoms with Crippen LogP contribution < -0.4 is 0 Å². The van der Waals surface area contributed by atoms with Crippen LogP contribution in [0.3, 0.4) is 0 Å².